The van der Waals surface area contributed by atoms with Crippen LogP contribution < -0.4 is 0 Å². The van der Waals surface area contributed by atoms with Gasteiger partial charge in [-0.2, -0.15) is 0 Å². The van der Waals surface area contributed by atoms with Crippen molar-refractivity contribution >= 4 is 11.9 Å². The van der Waals surface area contributed by atoms with Gasteiger partial charge in [0.15, 0.2) is 0 Å². The minimum Gasteiger partial charge on any atom is -0.481 e. The second kappa shape index (κ2) is 5.52. The summed E-state index contributed by atoms with van der Waals surface area (Å²) in [5, 5.41) is 8.80. The van der Waals surface area contributed by atoms with Gasteiger partial charge in [0.1, 0.15) is 0 Å². The lowest BCUT2D eigenvalue weighted by Gasteiger charge is -2.28. The van der Waals surface area contributed by atoms with Gasteiger partial charge in [0.05, 0.1) is 6.42 Å². The number of carboxylic acids is 1. The number of hydrogen-bond donors (Lipinski definition) is 1. The van der Waals surface area contributed by atoms with Crippen LogP contribution in [-0.2, 0) is 9.59 Å². The lowest BCUT2D eigenvalue weighted by Crippen LogP contribution is -2.37. The summed E-state index contributed by atoms with van der Waals surface area (Å²) >= 11 is 0. The van der Waals surface area contributed by atoms with E-state index in [1.54, 1.807) is 0 Å². The van der Waals surface area contributed by atoms with Crippen LogP contribution in [0.5, 0.6) is 0 Å². The molecule has 0 aromatic rings. The van der Waals surface area contributed by atoms with Crippen LogP contribution in [0.4, 0.5) is 0 Å². The average molecular weight is 241 g/mol. The van der Waals surface area contributed by atoms with Crippen molar-refractivity contribution in [2.24, 2.45) is 5.41 Å². The van der Waals surface area contributed by atoms with Gasteiger partial charge in [-0.05, 0) is 24.7 Å². The van der Waals surface area contributed by atoms with Crippen molar-refractivity contribution in [2.45, 2.75) is 58.9 Å². The van der Waals surface area contributed by atoms with E-state index in [0.29, 0.717) is 12.5 Å². The van der Waals surface area contributed by atoms with Crippen LogP contribution in [0.25, 0.3) is 0 Å². The van der Waals surface area contributed by atoms with Gasteiger partial charge in [-0.1, -0.05) is 20.8 Å². The first-order chi connectivity index (χ1) is 7.85. The third-order valence-electron chi connectivity index (χ3n) is 3.03. The minimum absolute atomic E-state index is 0.0450. The topological polar surface area (TPSA) is 57.6 Å². The molecule has 1 fully saturated rings. The molecule has 1 amide bonds. The number of nitrogens with zero attached hydrogens (tertiary/aromatic N) is 1. The molecule has 1 aliphatic carbocycles. The SMILES string of the molecule is CCCN(C(=O)CC(C)(C)CC(=O)O)C1CC1. The highest BCUT2D eigenvalue weighted by Crippen LogP contribution is 2.31. The summed E-state index contributed by atoms with van der Waals surface area (Å²) in [5.74, 6) is -0.725. The fraction of sp³-hybridized carbons (Fsp3) is 0.846. The molecule has 1 rings (SSSR count). The first-order valence-corrected chi connectivity index (χ1v) is 6.37. The van der Waals surface area contributed by atoms with Gasteiger partial charge in [0.2, 0.25) is 5.91 Å². The molecule has 0 aliphatic heterocycles. The Kier molecular flexibility index (Phi) is 4.54. The number of aliphatic carboxylic acids is 1. The molecule has 0 saturated heterocycles. The van der Waals surface area contributed by atoms with Crippen LogP contribution in [0, 0.1) is 5.41 Å². The van der Waals surface area contributed by atoms with Gasteiger partial charge >= 0.3 is 5.97 Å². The molecule has 0 radical (unpaired) electrons. The zero-order valence-corrected chi connectivity index (χ0v) is 11.0. The molecule has 1 saturated carbocycles. The quantitative estimate of drug-likeness (QED) is 0.744. The van der Waals surface area contributed by atoms with Crippen molar-refractivity contribution in [1.82, 2.24) is 4.90 Å². The van der Waals surface area contributed by atoms with Crippen LogP contribution in [0.1, 0.15) is 52.9 Å². The average Bonchev–Trinajstić information content (AvgIpc) is 2.93. The molecule has 0 atom stereocenters. The van der Waals surface area contributed by atoms with E-state index in [9.17, 15) is 9.59 Å². The minimum atomic E-state index is -0.837. The van der Waals surface area contributed by atoms with Gasteiger partial charge in [0, 0.05) is 19.0 Å². The molecular weight excluding hydrogens is 218 g/mol. The van der Waals surface area contributed by atoms with Crippen LogP contribution in [-0.4, -0.2) is 34.5 Å². The summed E-state index contributed by atoms with van der Waals surface area (Å²) in [5.41, 5.74) is -0.455. The zero-order valence-electron chi connectivity index (χ0n) is 11.0. The van der Waals surface area contributed by atoms with E-state index in [-0.39, 0.29) is 12.3 Å². The lowest BCUT2D eigenvalue weighted by molar-refractivity contribution is -0.140. The summed E-state index contributed by atoms with van der Waals surface area (Å²) < 4.78 is 0. The van der Waals surface area contributed by atoms with Crippen LogP contribution in [0.15, 0.2) is 0 Å². The highest BCUT2D eigenvalue weighted by Gasteiger charge is 2.34. The Morgan fingerprint density at radius 3 is 2.29 bits per heavy atom. The fourth-order valence-electron chi connectivity index (χ4n) is 2.12. The van der Waals surface area contributed by atoms with E-state index in [1.165, 1.54) is 0 Å². The molecule has 0 spiro atoms. The number of hydrogen-bond acceptors (Lipinski definition) is 2. The normalized spacial score (nSPS) is 15.7. The third-order valence-corrected chi connectivity index (χ3v) is 3.03. The van der Waals surface area contributed by atoms with Crippen molar-refractivity contribution in [3.8, 4) is 0 Å². The number of rotatable bonds is 7. The second-order valence-electron chi connectivity index (χ2n) is 5.73. The van der Waals surface area contributed by atoms with Gasteiger partial charge in [0.25, 0.3) is 0 Å². The highest BCUT2D eigenvalue weighted by atomic mass is 16.4. The number of carboxylic acid groups (broad SMARTS) is 1. The Morgan fingerprint density at radius 2 is 1.88 bits per heavy atom. The summed E-state index contributed by atoms with van der Waals surface area (Å²) in [7, 11) is 0. The van der Waals surface area contributed by atoms with E-state index in [2.05, 4.69) is 6.92 Å². The molecule has 1 N–H and O–H groups in total. The van der Waals surface area contributed by atoms with Crippen molar-refractivity contribution in [3.63, 3.8) is 0 Å². The van der Waals surface area contributed by atoms with Gasteiger partial charge in [-0.25, -0.2) is 0 Å². The molecule has 0 aromatic carbocycles. The van der Waals surface area contributed by atoms with Gasteiger partial charge in [-0.15, -0.1) is 0 Å². The largest absolute Gasteiger partial charge is 0.481 e. The highest BCUT2D eigenvalue weighted by molar-refractivity contribution is 5.78. The van der Waals surface area contributed by atoms with Crippen molar-refractivity contribution in [1.29, 1.82) is 0 Å². The zero-order chi connectivity index (χ0) is 13.1. The van der Waals surface area contributed by atoms with Crippen LogP contribution in [0.2, 0.25) is 0 Å². The van der Waals surface area contributed by atoms with Crippen molar-refractivity contribution < 1.29 is 14.7 Å². The summed E-state index contributed by atoms with van der Waals surface area (Å²) in [4.78, 5) is 24.8. The predicted molar refractivity (Wildman–Crippen MR) is 65.7 cm³/mol. The number of carbonyl (C=O) groups excluding carboxylic acids is 1. The number of amides is 1. The molecule has 0 heterocycles. The van der Waals surface area contributed by atoms with Crippen LogP contribution >= 0.6 is 0 Å². The molecule has 17 heavy (non-hydrogen) atoms. The van der Waals surface area contributed by atoms with Crippen molar-refractivity contribution in [2.75, 3.05) is 6.54 Å². The lowest BCUT2D eigenvalue weighted by atomic mass is 9.85. The molecule has 98 valence electrons. The summed E-state index contributed by atoms with van der Waals surface area (Å²) in [6.45, 7) is 6.55. The monoisotopic (exact) mass is 241 g/mol. The Hall–Kier alpha value is -1.06. The Labute approximate surface area is 103 Å². The van der Waals surface area contributed by atoms with E-state index in [1.807, 2.05) is 18.7 Å². The molecule has 4 heteroatoms. The standard InChI is InChI=1S/C13H23NO3/c1-4-7-14(10-5-6-10)11(15)8-13(2,3)9-12(16)17/h10H,4-9H2,1-3H3,(H,16,17). The molecule has 1 aliphatic rings. The number of carbonyl (C=O) groups is 2. The second-order valence-corrected chi connectivity index (χ2v) is 5.73. The molecule has 0 unspecified atom stereocenters. The fourth-order valence-corrected chi connectivity index (χ4v) is 2.12. The van der Waals surface area contributed by atoms with E-state index >= 15 is 0 Å². The summed E-state index contributed by atoms with van der Waals surface area (Å²) in [6, 6.07) is 0.420. The first kappa shape index (κ1) is 14.0. The first-order valence-electron chi connectivity index (χ1n) is 6.37. The van der Waals surface area contributed by atoms with E-state index in [4.69, 9.17) is 5.11 Å². The maximum atomic E-state index is 12.1. The predicted octanol–water partition coefficient (Wildman–Crippen LogP) is 2.28. The molecule has 4 nitrogen and oxygen atoms in total. The Bertz CT molecular complexity index is 295. The molecule has 0 aromatic heterocycles. The van der Waals surface area contributed by atoms with Crippen LogP contribution in [0.3, 0.4) is 0 Å². The maximum absolute atomic E-state index is 12.1. The van der Waals surface area contributed by atoms with E-state index in [0.717, 1.165) is 25.8 Å². The summed E-state index contributed by atoms with van der Waals surface area (Å²) in [6.07, 6.45) is 3.54. The third kappa shape index (κ3) is 4.75. The Morgan fingerprint density at radius 1 is 1.29 bits per heavy atom. The van der Waals surface area contributed by atoms with E-state index < -0.39 is 11.4 Å². The Balaban J connectivity index is 2.53. The van der Waals surface area contributed by atoms with Gasteiger partial charge < -0.3 is 10.0 Å². The van der Waals surface area contributed by atoms with Crippen molar-refractivity contribution in [3.05, 3.63) is 0 Å². The maximum Gasteiger partial charge on any atom is 0.303 e. The smallest absolute Gasteiger partial charge is 0.303 e. The molecular formula is C13H23NO3. The molecule has 0 bridgehead atoms. The van der Waals surface area contributed by atoms with Gasteiger partial charge in [-0.3, -0.25) is 9.59 Å².